The van der Waals surface area contributed by atoms with E-state index in [1.165, 1.54) is 42.0 Å². The summed E-state index contributed by atoms with van der Waals surface area (Å²) in [5, 5.41) is 20.6. The van der Waals surface area contributed by atoms with Crippen molar-refractivity contribution in [1.82, 2.24) is 10.2 Å². The predicted octanol–water partition coefficient (Wildman–Crippen LogP) is 7.11. The highest BCUT2D eigenvalue weighted by Crippen LogP contribution is 2.43. The molecule has 0 aliphatic carbocycles. The van der Waals surface area contributed by atoms with Gasteiger partial charge in [-0.3, -0.25) is 14.5 Å². The van der Waals surface area contributed by atoms with Crippen LogP contribution >= 0.6 is 46.3 Å². The monoisotopic (exact) mass is 637 g/mol. The molecule has 5 rings (SSSR count). The minimum absolute atomic E-state index is 0.115. The van der Waals surface area contributed by atoms with Gasteiger partial charge in [0.2, 0.25) is 5.13 Å². The molecule has 0 fully saturated rings. The largest absolute Gasteiger partial charge is 0.503 e. The van der Waals surface area contributed by atoms with Crippen LogP contribution < -0.4 is 4.90 Å². The van der Waals surface area contributed by atoms with E-state index in [1.54, 1.807) is 30.3 Å². The zero-order valence-corrected chi connectivity index (χ0v) is 25.0. The Balaban J connectivity index is 1.47. The second kappa shape index (κ2) is 12.9. The van der Waals surface area contributed by atoms with Crippen LogP contribution in [0.4, 0.5) is 5.13 Å². The number of aliphatic hydroxyl groups is 1. The molecular formula is C30H21Cl2N3O5S2. The van der Waals surface area contributed by atoms with Gasteiger partial charge in [-0.2, -0.15) is 0 Å². The maximum absolute atomic E-state index is 13.5. The van der Waals surface area contributed by atoms with Gasteiger partial charge in [0.05, 0.1) is 24.3 Å². The smallest absolute Gasteiger partial charge is 0.337 e. The van der Waals surface area contributed by atoms with Gasteiger partial charge in [-0.1, -0.05) is 101 Å². The first-order valence-electron chi connectivity index (χ1n) is 12.4. The first kappa shape index (κ1) is 29.5. The Morgan fingerprint density at radius 1 is 1.07 bits per heavy atom. The van der Waals surface area contributed by atoms with E-state index in [9.17, 15) is 19.5 Å². The number of hydrogen-bond acceptors (Lipinski definition) is 9. The third-order valence-electron chi connectivity index (χ3n) is 6.32. The number of aromatic nitrogens is 2. The van der Waals surface area contributed by atoms with Gasteiger partial charge in [0.1, 0.15) is 0 Å². The summed E-state index contributed by atoms with van der Waals surface area (Å²) >= 11 is 14.8. The summed E-state index contributed by atoms with van der Waals surface area (Å²) in [6.45, 7) is 0. The predicted molar refractivity (Wildman–Crippen MR) is 164 cm³/mol. The zero-order chi connectivity index (χ0) is 29.8. The van der Waals surface area contributed by atoms with Crippen molar-refractivity contribution < 1.29 is 24.2 Å². The van der Waals surface area contributed by atoms with Crippen molar-refractivity contribution in [3.05, 3.63) is 123 Å². The lowest BCUT2D eigenvalue weighted by Crippen LogP contribution is -2.30. The molecule has 0 spiro atoms. The summed E-state index contributed by atoms with van der Waals surface area (Å²) in [5.74, 6) is -2.08. The van der Waals surface area contributed by atoms with Crippen molar-refractivity contribution in [2.75, 3.05) is 12.0 Å². The molecule has 1 unspecified atom stereocenters. The highest BCUT2D eigenvalue weighted by atomic mass is 35.5. The average Bonchev–Trinajstić information content (AvgIpc) is 3.57. The summed E-state index contributed by atoms with van der Waals surface area (Å²) in [4.78, 5) is 40.1. The number of ether oxygens (including phenoxy) is 1. The number of esters is 1. The van der Waals surface area contributed by atoms with Crippen LogP contribution in [0.5, 0.6) is 0 Å². The van der Waals surface area contributed by atoms with Crippen LogP contribution in [0.25, 0.3) is 6.08 Å². The zero-order valence-electron chi connectivity index (χ0n) is 21.9. The first-order valence-corrected chi connectivity index (χ1v) is 14.9. The van der Waals surface area contributed by atoms with Crippen LogP contribution in [0.3, 0.4) is 0 Å². The van der Waals surface area contributed by atoms with Crippen molar-refractivity contribution in [3.8, 4) is 0 Å². The number of rotatable bonds is 9. The van der Waals surface area contributed by atoms with E-state index in [0.717, 1.165) is 22.5 Å². The van der Waals surface area contributed by atoms with E-state index >= 15 is 0 Å². The van der Waals surface area contributed by atoms with Crippen molar-refractivity contribution in [2.24, 2.45) is 0 Å². The molecule has 1 amide bonds. The molecule has 2 heterocycles. The maximum atomic E-state index is 13.5. The molecule has 1 aliphatic heterocycles. The molecule has 1 N–H and O–H groups in total. The summed E-state index contributed by atoms with van der Waals surface area (Å²) < 4.78 is 5.33. The molecule has 212 valence electrons. The molecule has 0 saturated heterocycles. The Hall–Kier alpha value is -3.96. The number of carbonyl (C=O) groups excluding carboxylic acids is 3. The maximum Gasteiger partial charge on any atom is 0.337 e. The highest BCUT2D eigenvalue weighted by Gasteiger charge is 2.45. The standard InChI is InChI=1S/C30H21Cl2N3O5S2/c1-40-28(39)19-10-8-18(9-11-19)25-24(23(36)14-7-17-5-3-2-4-6-17)26(37)27(38)35(25)29-33-34-30(42-29)41-16-20-12-13-21(31)15-22(20)32/h2-15,25,37H,16H2,1H3. The second-order valence-electron chi connectivity index (χ2n) is 8.94. The Kier molecular flexibility index (Phi) is 9.08. The van der Waals surface area contributed by atoms with Crippen LogP contribution in [0.15, 0.2) is 94.5 Å². The van der Waals surface area contributed by atoms with E-state index in [0.29, 0.717) is 25.7 Å². The summed E-state index contributed by atoms with van der Waals surface area (Å²) in [7, 11) is 1.27. The van der Waals surface area contributed by atoms with Crippen molar-refractivity contribution in [3.63, 3.8) is 0 Å². The van der Waals surface area contributed by atoms with E-state index in [1.807, 2.05) is 36.4 Å². The fourth-order valence-electron chi connectivity index (χ4n) is 4.25. The molecule has 8 nitrogen and oxygen atoms in total. The molecule has 1 atom stereocenters. The molecule has 42 heavy (non-hydrogen) atoms. The molecular weight excluding hydrogens is 617 g/mol. The van der Waals surface area contributed by atoms with Crippen LogP contribution in [0.2, 0.25) is 10.0 Å². The molecule has 0 saturated carbocycles. The number of methoxy groups -OCH3 is 1. The molecule has 1 aliphatic rings. The lowest BCUT2D eigenvalue weighted by atomic mass is 9.95. The number of ketones is 1. The van der Waals surface area contributed by atoms with Crippen molar-refractivity contribution in [2.45, 2.75) is 16.1 Å². The fourth-order valence-corrected chi connectivity index (χ4v) is 6.68. The van der Waals surface area contributed by atoms with Crippen LogP contribution in [0.1, 0.15) is 33.1 Å². The van der Waals surface area contributed by atoms with E-state index in [2.05, 4.69) is 10.2 Å². The number of hydrogen-bond donors (Lipinski definition) is 1. The van der Waals surface area contributed by atoms with Crippen LogP contribution in [0, 0.1) is 0 Å². The van der Waals surface area contributed by atoms with E-state index in [4.69, 9.17) is 27.9 Å². The number of nitrogens with zero attached hydrogens (tertiary/aromatic N) is 3. The first-order chi connectivity index (χ1) is 20.3. The third kappa shape index (κ3) is 6.27. The minimum Gasteiger partial charge on any atom is -0.503 e. The van der Waals surface area contributed by atoms with E-state index in [-0.39, 0.29) is 16.3 Å². The van der Waals surface area contributed by atoms with Crippen LogP contribution in [-0.2, 0) is 20.1 Å². The number of halogens is 2. The summed E-state index contributed by atoms with van der Waals surface area (Å²) in [6, 6.07) is 19.6. The lowest BCUT2D eigenvalue weighted by Gasteiger charge is -2.23. The Labute approximate surface area is 259 Å². The number of carbonyl (C=O) groups is 3. The van der Waals surface area contributed by atoms with Gasteiger partial charge in [0.25, 0.3) is 5.91 Å². The molecule has 1 aromatic heterocycles. The molecule has 12 heteroatoms. The highest BCUT2D eigenvalue weighted by molar-refractivity contribution is 8.00. The van der Waals surface area contributed by atoms with E-state index < -0.39 is 29.5 Å². The second-order valence-corrected chi connectivity index (χ2v) is 12.0. The number of aliphatic hydroxyl groups excluding tert-OH is 1. The molecule has 3 aromatic carbocycles. The number of allylic oxidation sites excluding steroid dienone is 1. The van der Waals surface area contributed by atoms with Gasteiger partial charge >= 0.3 is 5.97 Å². The van der Waals surface area contributed by atoms with Gasteiger partial charge < -0.3 is 9.84 Å². The average molecular weight is 639 g/mol. The van der Waals surface area contributed by atoms with Gasteiger partial charge in [0, 0.05) is 15.8 Å². The van der Waals surface area contributed by atoms with Gasteiger partial charge in [-0.15, -0.1) is 10.2 Å². The normalized spacial score (nSPS) is 15.1. The van der Waals surface area contributed by atoms with Crippen molar-refractivity contribution >= 4 is 75.2 Å². The Morgan fingerprint density at radius 3 is 2.50 bits per heavy atom. The van der Waals surface area contributed by atoms with Gasteiger partial charge in [-0.05, 0) is 47.0 Å². The van der Waals surface area contributed by atoms with Crippen molar-refractivity contribution in [1.29, 1.82) is 0 Å². The number of amides is 1. The molecule has 4 aromatic rings. The Morgan fingerprint density at radius 2 is 1.81 bits per heavy atom. The number of thioether (sulfide) groups is 1. The molecule has 0 bridgehead atoms. The van der Waals surface area contributed by atoms with Gasteiger partial charge in [0.15, 0.2) is 15.9 Å². The minimum atomic E-state index is -1.02. The molecule has 0 radical (unpaired) electrons. The third-order valence-corrected chi connectivity index (χ3v) is 9.01. The summed E-state index contributed by atoms with van der Waals surface area (Å²) in [6.07, 6.45) is 2.92. The van der Waals surface area contributed by atoms with Crippen LogP contribution in [-0.4, -0.2) is 40.1 Å². The SMILES string of the molecule is COC(=O)c1ccc(C2C(C(=O)C=Cc3ccccc3)=C(O)C(=O)N2c2nnc(SCc3ccc(Cl)cc3Cl)s2)cc1. The quantitative estimate of drug-likeness (QED) is 0.0895. The number of benzene rings is 3. The summed E-state index contributed by atoms with van der Waals surface area (Å²) in [5.41, 5.74) is 2.28. The lowest BCUT2D eigenvalue weighted by molar-refractivity contribution is -0.117. The fraction of sp³-hybridized carbons (Fsp3) is 0.100. The number of anilines is 1. The Bertz CT molecular complexity index is 1720. The topological polar surface area (TPSA) is 110 Å². The van der Waals surface area contributed by atoms with Gasteiger partial charge in [-0.25, -0.2) is 4.79 Å².